The van der Waals surface area contributed by atoms with Gasteiger partial charge in [0.2, 0.25) is 10.0 Å². The number of carboxylic acid groups (broad SMARTS) is 1. The van der Waals surface area contributed by atoms with Crippen molar-refractivity contribution in [1.29, 1.82) is 0 Å². The Balaban J connectivity index is 2.92. The van der Waals surface area contributed by atoms with E-state index in [4.69, 9.17) is 10.2 Å². The van der Waals surface area contributed by atoms with Crippen LogP contribution in [0.5, 0.6) is 0 Å². The van der Waals surface area contributed by atoms with Gasteiger partial charge in [-0.1, -0.05) is 19.1 Å². The fourth-order valence-corrected chi connectivity index (χ4v) is 2.75. The molecular weight excluding hydrogens is 270 g/mol. The van der Waals surface area contributed by atoms with Crippen LogP contribution in [0.3, 0.4) is 0 Å². The molecule has 7 heteroatoms. The van der Waals surface area contributed by atoms with Gasteiger partial charge in [-0.2, -0.15) is 4.72 Å². The maximum Gasteiger partial charge on any atom is 0.321 e. The number of carboxylic acids is 1. The highest BCUT2D eigenvalue weighted by Crippen LogP contribution is 2.12. The summed E-state index contributed by atoms with van der Waals surface area (Å²) >= 11 is 0. The van der Waals surface area contributed by atoms with Gasteiger partial charge in [-0.3, -0.25) is 4.79 Å². The number of hydrogen-bond acceptors (Lipinski definition) is 4. The van der Waals surface area contributed by atoms with Gasteiger partial charge in [-0.15, -0.1) is 0 Å². The lowest BCUT2D eigenvalue weighted by molar-refractivity contribution is -0.139. The largest absolute Gasteiger partial charge is 0.480 e. The smallest absolute Gasteiger partial charge is 0.321 e. The second-order valence-electron chi connectivity index (χ2n) is 4.02. The Kier molecular flexibility index (Phi) is 5.46. The van der Waals surface area contributed by atoms with Gasteiger partial charge in [-0.25, -0.2) is 8.42 Å². The van der Waals surface area contributed by atoms with Crippen molar-refractivity contribution in [2.75, 3.05) is 6.61 Å². The molecule has 106 valence electrons. The number of aliphatic hydroxyl groups excluding tert-OH is 1. The Bertz CT molecular complexity index is 524. The normalized spacial score (nSPS) is 13.2. The van der Waals surface area contributed by atoms with Crippen LogP contribution >= 0.6 is 0 Å². The fourth-order valence-electron chi connectivity index (χ4n) is 1.52. The Morgan fingerprint density at radius 2 is 1.89 bits per heavy atom. The highest BCUT2D eigenvalue weighted by molar-refractivity contribution is 7.89. The van der Waals surface area contributed by atoms with E-state index in [1.807, 2.05) is 6.92 Å². The van der Waals surface area contributed by atoms with Gasteiger partial charge in [0.1, 0.15) is 6.04 Å². The fraction of sp³-hybridized carbons (Fsp3) is 0.417. The van der Waals surface area contributed by atoms with Crippen molar-refractivity contribution in [2.45, 2.75) is 30.7 Å². The summed E-state index contributed by atoms with van der Waals surface area (Å²) in [4.78, 5) is 10.9. The van der Waals surface area contributed by atoms with E-state index in [2.05, 4.69) is 4.72 Å². The lowest BCUT2D eigenvalue weighted by Gasteiger charge is -2.13. The molecule has 0 fully saturated rings. The Morgan fingerprint density at radius 1 is 1.32 bits per heavy atom. The van der Waals surface area contributed by atoms with Gasteiger partial charge < -0.3 is 10.2 Å². The molecule has 0 saturated carbocycles. The van der Waals surface area contributed by atoms with Crippen molar-refractivity contribution in [3.05, 3.63) is 29.8 Å². The van der Waals surface area contributed by atoms with E-state index in [1.54, 1.807) is 12.1 Å². The monoisotopic (exact) mass is 287 g/mol. The molecule has 0 heterocycles. The summed E-state index contributed by atoms with van der Waals surface area (Å²) in [5.41, 5.74) is 0.990. The van der Waals surface area contributed by atoms with Gasteiger partial charge in [0, 0.05) is 6.61 Å². The second-order valence-corrected chi connectivity index (χ2v) is 5.74. The van der Waals surface area contributed by atoms with Crippen molar-refractivity contribution in [2.24, 2.45) is 0 Å². The number of aliphatic hydroxyl groups is 1. The van der Waals surface area contributed by atoms with Crippen molar-refractivity contribution < 1.29 is 23.4 Å². The van der Waals surface area contributed by atoms with Gasteiger partial charge in [-0.05, 0) is 30.5 Å². The predicted molar refractivity (Wildman–Crippen MR) is 69.3 cm³/mol. The Morgan fingerprint density at radius 3 is 2.32 bits per heavy atom. The van der Waals surface area contributed by atoms with Gasteiger partial charge >= 0.3 is 5.97 Å². The average molecular weight is 287 g/mol. The molecule has 19 heavy (non-hydrogen) atoms. The zero-order valence-electron chi connectivity index (χ0n) is 10.5. The average Bonchev–Trinajstić information content (AvgIpc) is 2.38. The van der Waals surface area contributed by atoms with Gasteiger partial charge in [0.15, 0.2) is 0 Å². The summed E-state index contributed by atoms with van der Waals surface area (Å²) in [6.07, 6.45) is 0.609. The minimum Gasteiger partial charge on any atom is -0.480 e. The number of aryl methyl sites for hydroxylation is 1. The topological polar surface area (TPSA) is 104 Å². The van der Waals surface area contributed by atoms with Gasteiger partial charge in [0.25, 0.3) is 0 Å². The van der Waals surface area contributed by atoms with E-state index in [9.17, 15) is 13.2 Å². The minimum absolute atomic E-state index is 0.00823. The zero-order valence-corrected chi connectivity index (χ0v) is 11.4. The molecule has 0 spiro atoms. The van der Waals surface area contributed by atoms with Crippen LogP contribution in [0.4, 0.5) is 0 Å². The third kappa shape index (κ3) is 4.30. The van der Waals surface area contributed by atoms with E-state index in [0.29, 0.717) is 0 Å². The number of sulfonamides is 1. The third-order valence-corrected chi connectivity index (χ3v) is 4.14. The van der Waals surface area contributed by atoms with Crippen molar-refractivity contribution in [3.8, 4) is 0 Å². The van der Waals surface area contributed by atoms with E-state index in [1.165, 1.54) is 12.1 Å². The summed E-state index contributed by atoms with van der Waals surface area (Å²) in [7, 11) is -3.89. The first-order chi connectivity index (χ1) is 8.90. The van der Waals surface area contributed by atoms with Crippen molar-refractivity contribution in [1.82, 2.24) is 4.72 Å². The van der Waals surface area contributed by atoms with Crippen LogP contribution in [-0.4, -0.2) is 37.2 Å². The number of rotatable bonds is 7. The quantitative estimate of drug-likeness (QED) is 0.672. The number of hydrogen-bond donors (Lipinski definition) is 3. The molecule has 0 amide bonds. The summed E-state index contributed by atoms with van der Waals surface area (Å²) in [5.74, 6) is -1.32. The molecule has 0 aliphatic heterocycles. The van der Waals surface area contributed by atoms with Crippen LogP contribution in [0.2, 0.25) is 0 Å². The second kappa shape index (κ2) is 6.65. The van der Waals surface area contributed by atoms with E-state index in [0.717, 1.165) is 12.0 Å². The molecule has 1 rings (SSSR count). The number of nitrogens with one attached hydrogen (secondary N) is 1. The molecule has 3 N–H and O–H groups in total. The molecule has 0 unspecified atom stereocenters. The van der Waals surface area contributed by atoms with Crippen LogP contribution < -0.4 is 4.72 Å². The number of aliphatic carboxylic acids is 1. The summed E-state index contributed by atoms with van der Waals surface area (Å²) in [6, 6.07) is 4.88. The van der Waals surface area contributed by atoms with Gasteiger partial charge in [0.05, 0.1) is 4.90 Å². The molecule has 0 bridgehead atoms. The lowest BCUT2D eigenvalue weighted by Crippen LogP contribution is -2.41. The van der Waals surface area contributed by atoms with Crippen LogP contribution in [-0.2, 0) is 21.2 Å². The molecule has 1 aromatic carbocycles. The molecule has 0 aliphatic carbocycles. The molecule has 0 aliphatic rings. The molecule has 6 nitrogen and oxygen atoms in total. The highest BCUT2D eigenvalue weighted by Gasteiger charge is 2.24. The van der Waals surface area contributed by atoms with Crippen LogP contribution in [0.1, 0.15) is 18.9 Å². The molecule has 0 aromatic heterocycles. The lowest BCUT2D eigenvalue weighted by atomic mass is 10.2. The number of carbonyl (C=O) groups is 1. The standard InChI is InChI=1S/C12H17NO5S/c1-2-9-3-5-10(6-4-9)19(17,18)13-11(7-8-14)12(15)16/h3-6,11,13-14H,2,7-8H2,1H3,(H,15,16)/t11-/m0/s1. The minimum atomic E-state index is -3.89. The summed E-state index contributed by atoms with van der Waals surface area (Å²) in [5, 5.41) is 17.6. The predicted octanol–water partition coefficient (Wildman–Crippen LogP) is 0.363. The SMILES string of the molecule is CCc1ccc(S(=O)(=O)N[C@@H](CCO)C(=O)O)cc1. The first kappa shape index (κ1) is 15.6. The highest BCUT2D eigenvalue weighted by atomic mass is 32.2. The maximum atomic E-state index is 12.0. The van der Waals surface area contributed by atoms with Crippen LogP contribution in [0.15, 0.2) is 29.2 Å². The Labute approximate surface area is 112 Å². The Hall–Kier alpha value is -1.44. The first-order valence-corrected chi connectivity index (χ1v) is 7.34. The van der Waals surface area contributed by atoms with Crippen LogP contribution in [0.25, 0.3) is 0 Å². The van der Waals surface area contributed by atoms with Crippen molar-refractivity contribution >= 4 is 16.0 Å². The van der Waals surface area contributed by atoms with E-state index >= 15 is 0 Å². The molecule has 0 saturated heterocycles. The molecular formula is C12H17NO5S. The maximum absolute atomic E-state index is 12.0. The van der Waals surface area contributed by atoms with Crippen molar-refractivity contribution in [3.63, 3.8) is 0 Å². The molecule has 1 atom stereocenters. The van der Waals surface area contributed by atoms with E-state index < -0.39 is 28.6 Å². The third-order valence-electron chi connectivity index (χ3n) is 2.66. The first-order valence-electron chi connectivity index (χ1n) is 5.85. The molecule has 0 radical (unpaired) electrons. The zero-order chi connectivity index (χ0) is 14.5. The van der Waals surface area contributed by atoms with Crippen LogP contribution in [0, 0.1) is 0 Å². The summed E-state index contributed by atoms with van der Waals surface area (Å²) < 4.78 is 26.0. The molecule has 1 aromatic rings. The van der Waals surface area contributed by atoms with E-state index in [-0.39, 0.29) is 11.3 Å². The number of benzene rings is 1. The summed E-state index contributed by atoms with van der Waals surface area (Å²) in [6.45, 7) is 1.54.